The number of rotatable bonds is 6. The zero-order chi connectivity index (χ0) is 22.1. The molecule has 158 valence electrons. The van der Waals surface area contributed by atoms with E-state index in [1.54, 1.807) is 31.5 Å². The Morgan fingerprint density at radius 2 is 1.87 bits per heavy atom. The molecule has 8 heteroatoms. The number of hydrogen-bond donors (Lipinski definition) is 1. The van der Waals surface area contributed by atoms with E-state index in [4.69, 9.17) is 4.74 Å². The summed E-state index contributed by atoms with van der Waals surface area (Å²) >= 11 is 3.01. The lowest BCUT2D eigenvalue weighted by Gasteiger charge is -2.06. The Balaban J connectivity index is 1.66. The highest BCUT2D eigenvalue weighted by Gasteiger charge is 2.23. The van der Waals surface area contributed by atoms with E-state index in [0.29, 0.717) is 22.5 Å². The second kappa shape index (κ2) is 8.64. The molecule has 1 aromatic carbocycles. The third-order valence-electron chi connectivity index (χ3n) is 5.14. The second-order valence-corrected chi connectivity index (χ2v) is 9.25. The Hall–Kier alpha value is -2.97. The van der Waals surface area contributed by atoms with E-state index in [9.17, 15) is 9.59 Å². The van der Waals surface area contributed by atoms with Gasteiger partial charge in [0.1, 0.15) is 16.2 Å². The number of carbonyl (C=O) groups excluding carboxylic acids is 2. The Morgan fingerprint density at radius 3 is 2.58 bits per heavy atom. The molecule has 4 rings (SSSR count). The number of nitrogens with one attached hydrogen (secondary N) is 1. The number of hydrogen-bond acceptors (Lipinski definition) is 7. The lowest BCUT2D eigenvalue weighted by Crippen LogP contribution is -2.07. The molecule has 0 saturated carbocycles. The summed E-state index contributed by atoms with van der Waals surface area (Å²) in [6.07, 6.45) is 1.54. The summed E-state index contributed by atoms with van der Waals surface area (Å²) < 4.78 is 4.83. The second-order valence-electron chi connectivity index (χ2n) is 7.09. The van der Waals surface area contributed by atoms with E-state index in [2.05, 4.69) is 34.0 Å². The molecule has 31 heavy (non-hydrogen) atoms. The van der Waals surface area contributed by atoms with Gasteiger partial charge in [-0.1, -0.05) is 42.1 Å². The molecule has 0 aliphatic rings. The normalized spacial score (nSPS) is 11.1. The summed E-state index contributed by atoms with van der Waals surface area (Å²) in [5.74, 6) is -0.353. The number of benzene rings is 1. The van der Waals surface area contributed by atoms with Gasteiger partial charge in [-0.15, -0.1) is 11.3 Å². The summed E-state index contributed by atoms with van der Waals surface area (Å²) in [6, 6.07) is 10.1. The van der Waals surface area contributed by atoms with Gasteiger partial charge < -0.3 is 9.72 Å². The summed E-state index contributed by atoms with van der Waals surface area (Å²) in [6.45, 7) is 5.59. The molecule has 0 saturated heterocycles. The molecule has 0 radical (unpaired) electrons. The van der Waals surface area contributed by atoms with Crippen LogP contribution >= 0.6 is 23.1 Å². The number of methoxy groups -OCH3 is 1. The number of fused-ring (bicyclic) bond motifs is 1. The number of thiophene rings is 1. The predicted octanol–water partition coefficient (Wildman–Crippen LogP) is 5.37. The van der Waals surface area contributed by atoms with E-state index >= 15 is 0 Å². The quantitative estimate of drug-likeness (QED) is 0.184. The maximum Gasteiger partial charge on any atom is 0.339 e. The van der Waals surface area contributed by atoms with Crippen molar-refractivity contribution >= 4 is 45.1 Å². The van der Waals surface area contributed by atoms with Crippen LogP contribution in [0.5, 0.6) is 0 Å². The van der Waals surface area contributed by atoms with Gasteiger partial charge in [0, 0.05) is 16.1 Å². The Bertz CT molecular complexity index is 1290. The summed E-state index contributed by atoms with van der Waals surface area (Å²) in [4.78, 5) is 39.0. The molecule has 3 heterocycles. The van der Waals surface area contributed by atoms with Crippen LogP contribution < -0.4 is 0 Å². The van der Waals surface area contributed by atoms with E-state index in [1.165, 1.54) is 18.9 Å². The van der Waals surface area contributed by atoms with E-state index in [0.717, 1.165) is 31.2 Å². The zero-order valence-electron chi connectivity index (χ0n) is 17.6. The number of nitrogens with zero attached hydrogens (tertiary/aromatic N) is 2. The first-order chi connectivity index (χ1) is 14.9. The number of aryl methyl sites for hydroxylation is 2. The minimum atomic E-state index is -0.447. The number of H-pyrrole nitrogens is 1. The van der Waals surface area contributed by atoms with Crippen molar-refractivity contribution in [2.75, 3.05) is 12.9 Å². The van der Waals surface area contributed by atoms with Gasteiger partial charge in [-0.25, -0.2) is 14.8 Å². The zero-order valence-corrected chi connectivity index (χ0v) is 19.2. The fourth-order valence-corrected chi connectivity index (χ4v) is 5.68. The van der Waals surface area contributed by atoms with Crippen LogP contribution in [-0.2, 0) is 4.74 Å². The van der Waals surface area contributed by atoms with Crippen LogP contribution in [0.3, 0.4) is 0 Å². The number of aromatic amines is 1. The van der Waals surface area contributed by atoms with Crippen molar-refractivity contribution < 1.29 is 14.3 Å². The predicted molar refractivity (Wildman–Crippen MR) is 124 cm³/mol. The largest absolute Gasteiger partial charge is 0.465 e. The van der Waals surface area contributed by atoms with Crippen molar-refractivity contribution in [1.82, 2.24) is 15.0 Å². The van der Waals surface area contributed by atoms with Crippen LogP contribution in [0.15, 0.2) is 41.7 Å². The van der Waals surface area contributed by atoms with Crippen LogP contribution in [0.1, 0.15) is 37.0 Å². The lowest BCUT2D eigenvalue weighted by atomic mass is 10.0. The average molecular weight is 452 g/mol. The molecule has 0 aliphatic heterocycles. The molecule has 0 spiro atoms. The third kappa shape index (κ3) is 3.88. The molecule has 0 amide bonds. The van der Waals surface area contributed by atoms with Gasteiger partial charge in [0.15, 0.2) is 5.78 Å². The first-order valence-electron chi connectivity index (χ1n) is 9.65. The van der Waals surface area contributed by atoms with Crippen molar-refractivity contribution in [2.45, 2.75) is 25.8 Å². The number of ether oxygens (including phenoxy) is 1. The summed E-state index contributed by atoms with van der Waals surface area (Å²) in [5.41, 5.74) is 4.30. The first-order valence-corrected chi connectivity index (χ1v) is 11.5. The molecule has 1 N–H and O–H groups in total. The number of Topliss-reactive ketones (excluding diaryl/α,β-unsaturated/α-hetero) is 1. The molecule has 6 nitrogen and oxygen atoms in total. The van der Waals surface area contributed by atoms with Crippen molar-refractivity contribution in [3.8, 4) is 11.1 Å². The van der Waals surface area contributed by atoms with Gasteiger partial charge in [-0.05, 0) is 31.9 Å². The third-order valence-corrected chi connectivity index (χ3v) is 7.14. The minimum Gasteiger partial charge on any atom is -0.465 e. The lowest BCUT2D eigenvalue weighted by molar-refractivity contribution is 0.0599. The smallest absolute Gasteiger partial charge is 0.339 e. The average Bonchev–Trinajstić information content (AvgIpc) is 3.27. The van der Waals surface area contributed by atoms with Crippen molar-refractivity contribution in [3.63, 3.8) is 0 Å². The molecule has 0 aliphatic carbocycles. The minimum absolute atomic E-state index is 0.0965. The maximum atomic E-state index is 13.0. The number of aromatic nitrogens is 3. The maximum absolute atomic E-state index is 13.0. The Labute approximate surface area is 188 Å². The molecule has 0 unspecified atom stereocenters. The van der Waals surface area contributed by atoms with E-state index < -0.39 is 5.97 Å². The molecular formula is C23H21N3O3S2. The molecule has 0 bridgehead atoms. The van der Waals surface area contributed by atoms with Gasteiger partial charge in [-0.3, -0.25) is 4.79 Å². The number of esters is 1. The first kappa shape index (κ1) is 21.3. The number of thioether (sulfide) groups is 1. The van der Waals surface area contributed by atoms with Crippen molar-refractivity contribution in [1.29, 1.82) is 0 Å². The Kier molecular flexibility index (Phi) is 5.93. The van der Waals surface area contributed by atoms with Crippen LogP contribution in [0.4, 0.5) is 0 Å². The highest BCUT2D eigenvalue weighted by Crippen LogP contribution is 2.41. The van der Waals surface area contributed by atoms with Gasteiger partial charge in [0.2, 0.25) is 0 Å². The standard InChI is InChI=1S/C23H21N3O3S2/c1-12-17(23(28)29-4)13(2)26-20(12)16(27)10-30-21-19-18(15-8-6-5-7-9-15)14(3)31-22(19)25-11-24-21/h5-9,11,26H,10H2,1-4H3. The van der Waals surface area contributed by atoms with Gasteiger partial charge >= 0.3 is 5.97 Å². The van der Waals surface area contributed by atoms with Gasteiger partial charge in [0.05, 0.1) is 29.5 Å². The number of ketones is 1. The summed E-state index contributed by atoms with van der Waals surface area (Å²) in [7, 11) is 1.33. The topological polar surface area (TPSA) is 84.9 Å². The Morgan fingerprint density at radius 1 is 1.13 bits per heavy atom. The van der Waals surface area contributed by atoms with Crippen LogP contribution in [0.25, 0.3) is 21.3 Å². The number of carbonyl (C=O) groups is 2. The van der Waals surface area contributed by atoms with Gasteiger partial charge in [0.25, 0.3) is 0 Å². The fourth-order valence-electron chi connectivity index (χ4n) is 3.72. The van der Waals surface area contributed by atoms with Crippen LogP contribution in [0, 0.1) is 20.8 Å². The highest BCUT2D eigenvalue weighted by atomic mass is 32.2. The SMILES string of the molecule is COC(=O)c1c(C)[nH]c(C(=O)CSc2ncnc3sc(C)c(-c4ccccc4)c23)c1C. The molecule has 0 fully saturated rings. The molecule has 0 atom stereocenters. The van der Waals surface area contributed by atoms with E-state index in [-0.39, 0.29) is 11.5 Å². The van der Waals surface area contributed by atoms with Crippen molar-refractivity contribution in [3.05, 3.63) is 64.1 Å². The van der Waals surface area contributed by atoms with Crippen LogP contribution in [-0.4, -0.2) is 39.6 Å². The fraction of sp³-hybridized carbons (Fsp3) is 0.217. The monoisotopic (exact) mass is 451 g/mol. The molecule has 4 aromatic rings. The van der Waals surface area contributed by atoms with Crippen molar-refractivity contribution in [2.24, 2.45) is 0 Å². The van der Waals surface area contributed by atoms with E-state index in [1.807, 2.05) is 18.2 Å². The van der Waals surface area contributed by atoms with Gasteiger partial charge in [-0.2, -0.15) is 0 Å². The highest BCUT2D eigenvalue weighted by molar-refractivity contribution is 8.00. The molecule has 3 aromatic heterocycles. The summed E-state index contributed by atoms with van der Waals surface area (Å²) in [5, 5.41) is 1.75. The van der Waals surface area contributed by atoms with Crippen LogP contribution in [0.2, 0.25) is 0 Å². The molecular weight excluding hydrogens is 430 g/mol.